The first-order valence-corrected chi connectivity index (χ1v) is 7.79. The van der Waals surface area contributed by atoms with Crippen molar-refractivity contribution in [1.82, 2.24) is 20.1 Å². The Morgan fingerprint density at radius 2 is 2.05 bits per heavy atom. The van der Waals surface area contributed by atoms with E-state index in [-0.39, 0.29) is 5.97 Å². The Kier molecular flexibility index (Phi) is 6.81. The maximum atomic E-state index is 12.0. The lowest BCUT2D eigenvalue weighted by Crippen LogP contribution is -2.48. The predicted molar refractivity (Wildman–Crippen MR) is 82.1 cm³/mol. The van der Waals surface area contributed by atoms with Crippen molar-refractivity contribution in [1.29, 1.82) is 0 Å². The van der Waals surface area contributed by atoms with Gasteiger partial charge in [0.05, 0.1) is 6.61 Å². The summed E-state index contributed by atoms with van der Waals surface area (Å²) >= 11 is 0. The molecule has 0 radical (unpaired) electrons. The molecule has 0 aliphatic carbocycles. The molecule has 1 aromatic heterocycles. The molecule has 0 saturated carbocycles. The number of carbonyl (C=O) groups is 1. The van der Waals surface area contributed by atoms with Gasteiger partial charge in [-0.15, -0.1) is 0 Å². The lowest BCUT2D eigenvalue weighted by molar-refractivity contribution is -0.150. The second kappa shape index (κ2) is 8.12. The van der Waals surface area contributed by atoms with Gasteiger partial charge in [-0.05, 0) is 33.7 Å². The average molecular weight is 296 g/mol. The third-order valence-electron chi connectivity index (χ3n) is 3.75. The molecule has 1 atom stereocenters. The molecular formula is C15H28N4O2. The van der Waals surface area contributed by atoms with Crippen molar-refractivity contribution >= 4 is 5.97 Å². The summed E-state index contributed by atoms with van der Waals surface area (Å²) in [6.07, 6.45) is 3.26. The molecule has 0 spiro atoms. The van der Waals surface area contributed by atoms with E-state index in [0.29, 0.717) is 13.0 Å². The number of rotatable bonds is 9. The van der Waals surface area contributed by atoms with E-state index in [4.69, 9.17) is 4.74 Å². The van der Waals surface area contributed by atoms with Crippen LogP contribution in [0.2, 0.25) is 0 Å². The second-order valence-electron chi connectivity index (χ2n) is 5.28. The summed E-state index contributed by atoms with van der Waals surface area (Å²) in [5, 5.41) is 7.57. The number of aromatic nitrogens is 3. The highest BCUT2D eigenvalue weighted by atomic mass is 16.5. The summed E-state index contributed by atoms with van der Waals surface area (Å²) in [6.45, 7) is 9.01. The molecule has 1 N–H and O–H groups in total. The molecule has 0 aliphatic rings. The fraction of sp³-hybridized carbons (Fsp3) is 0.800. The Morgan fingerprint density at radius 1 is 1.33 bits per heavy atom. The quantitative estimate of drug-likeness (QED) is 0.703. The van der Waals surface area contributed by atoms with Gasteiger partial charge in [-0.3, -0.25) is 4.79 Å². The van der Waals surface area contributed by atoms with Crippen LogP contribution in [0.15, 0.2) is 0 Å². The molecule has 120 valence electrons. The molecule has 0 aromatic carbocycles. The van der Waals surface area contributed by atoms with E-state index in [2.05, 4.69) is 29.2 Å². The van der Waals surface area contributed by atoms with E-state index < -0.39 is 5.54 Å². The lowest BCUT2D eigenvalue weighted by Gasteiger charge is -2.26. The summed E-state index contributed by atoms with van der Waals surface area (Å²) in [5.41, 5.74) is -0.642. The Bertz CT molecular complexity index is 459. The Hall–Kier alpha value is -1.43. The number of hydrogen-bond donors (Lipinski definition) is 1. The first-order valence-electron chi connectivity index (χ1n) is 7.79. The Balaban J connectivity index is 2.62. The molecule has 6 nitrogen and oxygen atoms in total. The minimum absolute atomic E-state index is 0.198. The number of aryl methyl sites for hydroxylation is 3. The fourth-order valence-corrected chi connectivity index (χ4v) is 2.22. The monoisotopic (exact) mass is 296 g/mol. The zero-order chi connectivity index (χ0) is 15.9. The third-order valence-corrected chi connectivity index (χ3v) is 3.75. The molecule has 1 aromatic rings. The normalized spacial score (nSPS) is 14.0. The molecule has 1 heterocycles. The van der Waals surface area contributed by atoms with Gasteiger partial charge in [0.2, 0.25) is 0 Å². The van der Waals surface area contributed by atoms with Crippen molar-refractivity contribution < 1.29 is 9.53 Å². The maximum absolute atomic E-state index is 12.0. The van der Waals surface area contributed by atoms with Crippen molar-refractivity contribution in [3.63, 3.8) is 0 Å². The van der Waals surface area contributed by atoms with Crippen LogP contribution in [0.25, 0.3) is 0 Å². The van der Waals surface area contributed by atoms with Gasteiger partial charge in [-0.25, -0.2) is 9.67 Å². The molecule has 21 heavy (non-hydrogen) atoms. The van der Waals surface area contributed by atoms with E-state index in [1.807, 2.05) is 18.5 Å². The van der Waals surface area contributed by atoms with Crippen LogP contribution in [0, 0.1) is 0 Å². The Labute approximate surface area is 127 Å². The number of esters is 1. The van der Waals surface area contributed by atoms with E-state index in [1.165, 1.54) is 0 Å². The topological polar surface area (TPSA) is 69.0 Å². The van der Waals surface area contributed by atoms with Gasteiger partial charge < -0.3 is 10.1 Å². The molecule has 0 amide bonds. The standard InChI is InChI=1S/C15H28N4O2/c1-6-12-17-13(7-2)19(18-12)11-9-10-15(4,16-5)14(20)21-8-3/h16H,6-11H2,1-5H3. The number of hydrogen-bond acceptors (Lipinski definition) is 5. The van der Waals surface area contributed by atoms with E-state index in [9.17, 15) is 4.79 Å². The van der Waals surface area contributed by atoms with Crippen LogP contribution in [0.4, 0.5) is 0 Å². The van der Waals surface area contributed by atoms with Crippen LogP contribution in [0.1, 0.15) is 52.2 Å². The third kappa shape index (κ3) is 4.52. The van der Waals surface area contributed by atoms with Crippen molar-refractivity contribution in [3.8, 4) is 0 Å². The van der Waals surface area contributed by atoms with Crippen molar-refractivity contribution in [3.05, 3.63) is 11.6 Å². The van der Waals surface area contributed by atoms with Crippen LogP contribution in [0.5, 0.6) is 0 Å². The number of nitrogens with zero attached hydrogens (tertiary/aromatic N) is 3. The largest absolute Gasteiger partial charge is 0.465 e. The predicted octanol–water partition coefficient (Wildman–Crippen LogP) is 1.72. The molecule has 0 aliphatic heterocycles. The van der Waals surface area contributed by atoms with Crippen LogP contribution in [-0.2, 0) is 28.9 Å². The van der Waals surface area contributed by atoms with Crippen LogP contribution in [-0.4, -0.2) is 39.9 Å². The van der Waals surface area contributed by atoms with Gasteiger partial charge in [0, 0.05) is 19.4 Å². The second-order valence-corrected chi connectivity index (χ2v) is 5.28. The van der Waals surface area contributed by atoms with E-state index in [1.54, 1.807) is 7.05 Å². The van der Waals surface area contributed by atoms with Crippen LogP contribution < -0.4 is 5.32 Å². The number of ether oxygens (including phenoxy) is 1. The van der Waals surface area contributed by atoms with E-state index in [0.717, 1.165) is 37.5 Å². The summed E-state index contributed by atoms with van der Waals surface area (Å²) in [6, 6.07) is 0. The zero-order valence-electron chi connectivity index (χ0n) is 13.9. The summed E-state index contributed by atoms with van der Waals surface area (Å²) in [5.74, 6) is 1.69. The fourth-order valence-electron chi connectivity index (χ4n) is 2.22. The highest BCUT2D eigenvalue weighted by Crippen LogP contribution is 2.15. The maximum Gasteiger partial charge on any atom is 0.326 e. The molecule has 0 fully saturated rings. The highest BCUT2D eigenvalue weighted by Gasteiger charge is 2.32. The van der Waals surface area contributed by atoms with Crippen LogP contribution >= 0.6 is 0 Å². The molecule has 1 unspecified atom stereocenters. The average Bonchev–Trinajstić information content (AvgIpc) is 2.89. The van der Waals surface area contributed by atoms with Gasteiger partial charge in [-0.2, -0.15) is 5.10 Å². The molecule has 1 rings (SSSR count). The van der Waals surface area contributed by atoms with Crippen LogP contribution in [0.3, 0.4) is 0 Å². The van der Waals surface area contributed by atoms with Crippen molar-refractivity contribution in [2.24, 2.45) is 0 Å². The van der Waals surface area contributed by atoms with Gasteiger partial charge in [0.1, 0.15) is 11.4 Å². The van der Waals surface area contributed by atoms with Gasteiger partial charge >= 0.3 is 5.97 Å². The number of carbonyl (C=O) groups excluding carboxylic acids is 1. The first-order chi connectivity index (χ1) is 10.0. The lowest BCUT2D eigenvalue weighted by atomic mass is 9.96. The van der Waals surface area contributed by atoms with Crippen molar-refractivity contribution in [2.75, 3.05) is 13.7 Å². The summed E-state index contributed by atoms with van der Waals surface area (Å²) in [4.78, 5) is 16.5. The molecule has 6 heteroatoms. The molecular weight excluding hydrogens is 268 g/mol. The number of nitrogens with one attached hydrogen (secondary N) is 1. The number of likely N-dealkylation sites (N-methyl/N-ethyl adjacent to an activating group) is 1. The molecule has 0 bridgehead atoms. The zero-order valence-corrected chi connectivity index (χ0v) is 13.9. The smallest absolute Gasteiger partial charge is 0.326 e. The van der Waals surface area contributed by atoms with Gasteiger partial charge in [0.15, 0.2) is 5.82 Å². The minimum atomic E-state index is -0.642. The SMILES string of the molecule is CCOC(=O)C(C)(CCCn1nc(CC)nc1CC)NC. The highest BCUT2D eigenvalue weighted by molar-refractivity contribution is 5.80. The minimum Gasteiger partial charge on any atom is -0.465 e. The van der Waals surface area contributed by atoms with Gasteiger partial charge in [-0.1, -0.05) is 13.8 Å². The first kappa shape index (κ1) is 17.6. The molecule has 0 saturated heterocycles. The summed E-state index contributed by atoms with van der Waals surface area (Å²) in [7, 11) is 1.79. The van der Waals surface area contributed by atoms with E-state index >= 15 is 0 Å². The summed E-state index contributed by atoms with van der Waals surface area (Å²) < 4.78 is 7.09. The van der Waals surface area contributed by atoms with Crippen molar-refractivity contribution in [2.45, 2.75) is 65.5 Å². The van der Waals surface area contributed by atoms with Gasteiger partial charge in [0.25, 0.3) is 0 Å². The Morgan fingerprint density at radius 3 is 2.57 bits per heavy atom.